The number of nitrogens with zero attached hydrogens (tertiary/aromatic N) is 3. The van der Waals surface area contributed by atoms with Gasteiger partial charge in [-0.1, -0.05) is 0 Å². The summed E-state index contributed by atoms with van der Waals surface area (Å²) < 4.78 is 0. The zero-order valence-electron chi connectivity index (χ0n) is 9.15. The third-order valence-corrected chi connectivity index (χ3v) is 2.69. The highest BCUT2D eigenvalue weighted by molar-refractivity contribution is 5.98. The van der Waals surface area contributed by atoms with Gasteiger partial charge in [0, 0.05) is 25.2 Å². The van der Waals surface area contributed by atoms with Gasteiger partial charge in [-0.25, -0.2) is 4.98 Å². The summed E-state index contributed by atoms with van der Waals surface area (Å²) in [5, 5.41) is 19.4. The van der Waals surface area contributed by atoms with Crippen LogP contribution in [0.2, 0.25) is 0 Å². The van der Waals surface area contributed by atoms with E-state index in [0.717, 1.165) is 11.0 Å². The minimum atomic E-state index is -1.06. The number of anilines is 1. The minimum absolute atomic E-state index is 0.0116. The Hall–Kier alpha value is -2.51. The number of rotatable bonds is 3. The summed E-state index contributed by atoms with van der Waals surface area (Å²) >= 11 is 0. The monoisotopic (exact) mass is 251 g/mol. The molecule has 1 atom stereocenters. The standard InChI is InChI=1S/C10H9N3O5/c14-9-3-6(10(15)16)5-12(9)8-4-7(13(17)18)1-2-11-8/h1-2,4,6H,3,5H2,(H,15,16). The lowest BCUT2D eigenvalue weighted by molar-refractivity contribution is -0.384. The fourth-order valence-electron chi connectivity index (χ4n) is 1.76. The van der Waals surface area contributed by atoms with Crippen LogP contribution in [0, 0.1) is 16.0 Å². The molecule has 0 saturated carbocycles. The van der Waals surface area contributed by atoms with Crippen LogP contribution >= 0.6 is 0 Å². The van der Waals surface area contributed by atoms with Crippen molar-refractivity contribution in [1.82, 2.24) is 4.98 Å². The van der Waals surface area contributed by atoms with Gasteiger partial charge < -0.3 is 5.11 Å². The van der Waals surface area contributed by atoms with E-state index in [4.69, 9.17) is 5.11 Å². The predicted octanol–water partition coefficient (Wildman–Crippen LogP) is 0.427. The molecule has 1 aromatic heterocycles. The number of carboxylic acids is 1. The Morgan fingerprint density at radius 3 is 2.89 bits per heavy atom. The molecule has 2 heterocycles. The molecule has 94 valence electrons. The van der Waals surface area contributed by atoms with E-state index >= 15 is 0 Å². The third-order valence-electron chi connectivity index (χ3n) is 2.69. The molecule has 0 spiro atoms. The first-order valence-corrected chi connectivity index (χ1v) is 5.12. The van der Waals surface area contributed by atoms with Crippen LogP contribution in [0.15, 0.2) is 18.3 Å². The average Bonchev–Trinajstić information content (AvgIpc) is 2.72. The van der Waals surface area contributed by atoms with E-state index in [1.54, 1.807) is 0 Å². The Morgan fingerprint density at radius 1 is 1.61 bits per heavy atom. The van der Waals surface area contributed by atoms with Gasteiger partial charge in [0.2, 0.25) is 5.91 Å². The summed E-state index contributed by atoms with van der Waals surface area (Å²) in [6.45, 7) is -0.0116. The number of hydrogen-bond donors (Lipinski definition) is 1. The van der Waals surface area contributed by atoms with Crippen LogP contribution in [0.5, 0.6) is 0 Å². The number of aromatic nitrogens is 1. The molecule has 8 nitrogen and oxygen atoms in total. The second kappa shape index (κ2) is 4.40. The quantitative estimate of drug-likeness (QED) is 0.615. The molecule has 0 radical (unpaired) electrons. The highest BCUT2D eigenvalue weighted by atomic mass is 16.6. The number of carboxylic acid groups (broad SMARTS) is 1. The van der Waals surface area contributed by atoms with E-state index in [-0.39, 0.29) is 24.5 Å². The molecule has 1 amide bonds. The normalized spacial score (nSPS) is 19.0. The van der Waals surface area contributed by atoms with Gasteiger partial charge in [-0.15, -0.1) is 0 Å². The van der Waals surface area contributed by atoms with Crippen molar-refractivity contribution >= 4 is 23.4 Å². The summed E-state index contributed by atoms with van der Waals surface area (Å²) in [6.07, 6.45) is 1.11. The van der Waals surface area contributed by atoms with Crippen molar-refractivity contribution in [3.63, 3.8) is 0 Å². The van der Waals surface area contributed by atoms with Crippen LogP contribution in [0.3, 0.4) is 0 Å². The third kappa shape index (κ3) is 2.12. The molecule has 8 heteroatoms. The van der Waals surface area contributed by atoms with Gasteiger partial charge in [0.1, 0.15) is 5.82 Å². The lowest BCUT2D eigenvalue weighted by atomic mass is 10.1. The van der Waals surface area contributed by atoms with E-state index in [9.17, 15) is 19.7 Å². The lowest BCUT2D eigenvalue weighted by Crippen LogP contribution is -2.26. The maximum absolute atomic E-state index is 11.6. The van der Waals surface area contributed by atoms with Gasteiger partial charge in [0.25, 0.3) is 5.69 Å². The first-order chi connectivity index (χ1) is 8.49. The Kier molecular flexibility index (Phi) is 2.92. The van der Waals surface area contributed by atoms with Gasteiger partial charge in [0.05, 0.1) is 16.9 Å². The predicted molar refractivity (Wildman–Crippen MR) is 59.0 cm³/mol. The first kappa shape index (κ1) is 12.0. The second-order valence-electron chi connectivity index (χ2n) is 3.87. The van der Waals surface area contributed by atoms with E-state index in [1.165, 1.54) is 12.3 Å². The molecule has 1 fully saturated rings. The number of amides is 1. The Balaban J connectivity index is 2.27. The van der Waals surface area contributed by atoms with Crippen molar-refractivity contribution in [2.45, 2.75) is 6.42 Å². The maximum Gasteiger partial charge on any atom is 0.308 e. The number of hydrogen-bond acceptors (Lipinski definition) is 5. The molecule has 0 bridgehead atoms. The van der Waals surface area contributed by atoms with Crippen LogP contribution in [-0.2, 0) is 9.59 Å². The second-order valence-corrected chi connectivity index (χ2v) is 3.87. The zero-order chi connectivity index (χ0) is 13.3. The van der Waals surface area contributed by atoms with E-state index in [0.29, 0.717) is 0 Å². The summed E-state index contributed by atoms with van der Waals surface area (Å²) in [7, 11) is 0. The Bertz CT molecular complexity index is 530. The van der Waals surface area contributed by atoms with E-state index in [2.05, 4.69) is 4.98 Å². The highest BCUT2D eigenvalue weighted by Crippen LogP contribution is 2.25. The number of carbonyl (C=O) groups excluding carboxylic acids is 1. The molecule has 1 unspecified atom stereocenters. The minimum Gasteiger partial charge on any atom is -0.481 e. The van der Waals surface area contributed by atoms with Gasteiger partial charge in [-0.2, -0.15) is 0 Å². The van der Waals surface area contributed by atoms with Crippen LogP contribution < -0.4 is 4.90 Å². The van der Waals surface area contributed by atoms with Crippen molar-refractivity contribution in [1.29, 1.82) is 0 Å². The largest absolute Gasteiger partial charge is 0.481 e. The molecular weight excluding hydrogens is 242 g/mol. The van der Waals surface area contributed by atoms with E-state index < -0.39 is 22.7 Å². The fourth-order valence-corrected chi connectivity index (χ4v) is 1.76. The van der Waals surface area contributed by atoms with E-state index in [1.807, 2.05) is 0 Å². The molecule has 1 saturated heterocycles. The number of pyridine rings is 1. The molecule has 1 aromatic rings. The smallest absolute Gasteiger partial charge is 0.308 e. The molecule has 1 aliphatic rings. The summed E-state index contributed by atoms with van der Waals surface area (Å²) in [5.41, 5.74) is -0.188. The van der Waals surface area contributed by atoms with Crippen molar-refractivity contribution in [3.05, 3.63) is 28.4 Å². The SMILES string of the molecule is O=C(O)C1CC(=O)N(c2cc([N+](=O)[O-])ccn2)C1. The molecule has 2 rings (SSSR count). The number of nitro groups is 1. The van der Waals surface area contributed by atoms with Crippen molar-refractivity contribution < 1.29 is 19.6 Å². The first-order valence-electron chi connectivity index (χ1n) is 5.12. The molecule has 1 aliphatic heterocycles. The summed E-state index contributed by atoms with van der Waals surface area (Å²) in [4.78, 5) is 37.4. The van der Waals surface area contributed by atoms with Crippen LogP contribution in [0.4, 0.5) is 11.5 Å². The fraction of sp³-hybridized carbons (Fsp3) is 0.300. The van der Waals surface area contributed by atoms with Gasteiger partial charge in [-0.05, 0) is 0 Å². The summed E-state index contributed by atoms with van der Waals surface area (Å²) in [6, 6.07) is 2.36. The van der Waals surface area contributed by atoms with Gasteiger partial charge in [-0.3, -0.25) is 24.6 Å². The van der Waals surface area contributed by atoms with Crippen LogP contribution in [-0.4, -0.2) is 33.4 Å². The lowest BCUT2D eigenvalue weighted by Gasteiger charge is -2.14. The molecular formula is C10H9N3O5. The number of carbonyl (C=O) groups is 2. The summed E-state index contributed by atoms with van der Waals surface area (Å²) in [5.74, 6) is -2.14. The Labute approximate surface area is 101 Å². The van der Waals surface area contributed by atoms with Crippen LogP contribution in [0.1, 0.15) is 6.42 Å². The van der Waals surface area contributed by atoms with Crippen molar-refractivity contribution in [2.75, 3.05) is 11.4 Å². The number of aliphatic carboxylic acids is 1. The van der Waals surface area contributed by atoms with Crippen molar-refractivity contribution in [2.24, 2.45) is 5.92 Å². The van der Waals surface area contributed by atoms with Crippen LogP contribution in [0.25, 0.3) is 0 Å². The van der Waals surface area contributed by atoms with Gasteiger partial charge >= 0.3 is 5.97 Å². The molecule has 0 aromatic carbocycles. The van der Waals surface area contributed by atoms with Crippen molar-refractivity contribution in [3.8, 4) is 0 Å². The zero-order valence-corrected chi connectivity index (χ0v) is 9.15. The maximum atomic E-state index is 11.6. The highest BCUT2D eigenvalue weighted by Gasteiger charge is 2.36. The molecule has 0 aliphatic carbocycles. The van der Waals surface area contributed by atoms with Gasteiger partial charge in [0.15, 0.2) is 0 Å². The topological polar surface area (TPSA) is 114 Å². The Morgan fingerprint density at radius 2 is 2.33 bits per heavy atom. The molecule has 1 N–H and O–H groups in total. The average molecular weight is 251 g/mol. The molecule has 18 heavy (non-hydrogen) atoms.